The number of anilines is 1. The number of aryl methyl sites for hydroxylation is 1. The molecule has 1 unspecified atom stereocenters. The Bertz CT molecular complexity index is 1840. The van der Waals surface area contributed by atoms with Gasteiger partial charge in [-0.05, 0) is 32.0 Å². The number of aromatic nitrogens is 5. The number of nitrogen functional groups attached to an aromatic ring is 1. The average molecular weight is 524 g/mol. The van der Waals surface area contributed by atoms with Gasteiger partial charge in [-0.15, -0.1) is 0 Å². The summed E-state index contributed by atoms with van der Waals surface area (Å²) in [6.07, 6.45) is 5.26. The maximum Gasteiger partial charge on any atom is 0.257 e. The Labute approximate surface area is 224 Å². The second-order valence-corrected chi connectivity index (χ2v) is 9.92. The van der Waals surface area contributed by atoms with Gasteiger partial charge in [0.1, 0.15) is 24.0 Å². The van der Waals surface area contributed by atoms with Gasteiger partial charge in [-0.1, -0.05) is 17.9 Å². The molecule has 196 valence electrons. The van der Waals surface area contributed by atoms with Gasteiger partial charge in [0, 0.05) is 48.9 Å². The minimum absolute atomic E-state index is 0.0584. The van der Waals surface area contributed by atoms with Crippen molar-refractivity contribution in [3.8, 4) is 17.6 Å². The molecular weight excluding hydrogens is 497 g/mol. The van der Waals surface area contributed by atoms with Crippen LogP contribution >= 0.6 is 0 Å². The fourth-order valence-electron chi connectivity index (χ4n) is 4.90. The number of rotatable bonds is 3. The van der Waals surface area contributed by atoms with Crippen molar-refractivity contribution in [1.82, 2.24) is 29.4 Å². The van der Waals surface area contributed by atoms with Crippen molar-refractivity contribution in [3.05, 3.63) is 77.0 Å². The Morgan fingerprint density at radius 2 is 1.95 bits per heavy atom. The van der Waals surface area contributed by atoms with Crippen molar-refractivity contribution >= 4 is 33.5 Å². The Morgan fingerprint density at radius 1 is 1.15 bits per heavy atom. The minimum Gasteiger partial charge on any atom is -0.491 e. The quantitative estimate of drug-likeness (QED) is 0.355. The van der Waals surface area contributed by atoms with Gasteiger partial charge in [-0.3, -0.25) is 14.2 Å². The van der Waals surface area contributed by atoms with Crippen LogP contribution in [0.2, 0.25) is 0 Å². The van der Waals surface area contributed by atoms with E-state index in [0.29, 0.717) is 27.6 Å². The molecule has 3 aromatic heterocycles. The number of ether oxygens (including phenoxy) is 1. The summed E-state index contributed by atoms with van der Waals surface area (Å²) in [7, 11) is 3.41. The molecule has 1 atom stereocenters. The highest BCUT2D eigenvalue weighted by Gasteiger charge is 2.32. The van der Waals surface area contributed by atoms with E-state index in [1.54, 1.807) is 31.2 Å². The van der Waals surface area contributed by atoms with Crippen LogP contribution in [0.4, 0.5) is 10.2 Å². The molecule has 10 heteroatoms. The Morgan fingerprint density at radius 3 is 2.72 bits per heavy atom. The summed E-state index contributed by atoms with van der Waals surface area (Å²) >= 11 is 0. The van der Waals surface area contributed by atoms with Gasteiger partial charge in [-0.2, -0.15) is 10.2 Å². The molecule has 0 fully saturated rings. The van der Waals surface area contributed by atoms with Crippen molar-refractivity contribution in [1.29, 1.82) is 0 Å². The number of carbonyl (C=O) groups excluding carboxylic acids is 1. The number of carbonyl (C=O) groups is 1. The molecule has 0 saturated heterocycles. The summed E-state index contributed by atoms with van der Waals surface area (Å²) < 4.78 is 24.6. The first-order chi connectivity index (χ1) is 18.7. The second-order valence-electron chi connectivity index (χ2n) is 9.92. The minimum atomic E-state index is -0.668. The number of fused-ring (bicyclic) bond motifs is 4. The highest BCUT2D eigenvalue weighted by molar-refractivity contribution is 6.10. The summed E-state index contributed by atoms with van der Waals surface area (Å²) in [6.45, 7) is 4.37. The fraction of sp³-hybridized carbons (Fsp3) is 0.241. The van der Waals surface area contributed by atoms with Crippen LogP contribution in [0.25, 0.3) is 21.8 Å². The molecule has 2 N–H and O–H groups in total. The van der Waals surface area contributed by atoms with Gasteiger partial charge < -0.3 is 15.4 Å². The van der Waals surface area contributed by atoms with Crippen molar-refractivity contribution in [2.45, 2.75) is 25.9 Å². The number of pyridine rings is 1. The number of nitrogens with zero attached hydrogens (tertiary/aromatic N) is 6. The predicted octanol–water partition coefficient (Wildman–Crippen LogP) is 4.23. The lowest BCUT2D eigenvalue weighted by molar-refractivity contribution is 0.0704. The summed E-state index contributed by atoms with van der Waals surface area (Å²) in [4.78, 5) is 19.4. The molecular formula is C29H26FN7O2. The van der Waals surface area contributed by atoms with Gasteiger partial charge in [0.05, 0.1) is 46.0 Å². The molecule has 0 radical (unpaired) electrons. The topological polar surface area (TPSA) is 104 Å². The van der Waals surface area contributed by atoms with Crippen molar-refractivity contribution in [2.24, 2.45) is 7.05 Å². The monoisotopic (exact) mass is 523 g/mol. The molecule has 1 amide bonds. The molecule has 1 aliphatic rings. The van der Waals surface area contributed by atoms with E-state index in [4.69, 9.17) is 10.5 Å². The van der Waals surface area contributed by atoms with E-state index in [1.165, 1.54) is 17.0 Å². The molecule has 0 aliphatic carbocycles. The molecule has 0 bridgehead atoms. The highest BCUT2D eigenvalue weighted by Crippen LogP contribution is 2.37. The fourth-order valence-corrected chi connectivity index (χ4v) is 4.90. The van der Waals surface area contributed by atoms with Gasteiger partial charge in [0.15, 0.2) is 0 Å². The van der Waals surface area contributed by atoms with E-state index in [2.05, 4.69) is 40.9 Å². The third-order valence-corrected chi connectivity index (χ3v) is 7.07. The third kappa shape index (κ3) is 4.12. The SMILES string of the molecule is CC(C)n1cc(C#Cc2ccc3c(c2)OCC3N(C)C(=O)c2cc3c(cc2F)nc(N)c2cnn(C)c23)cn1. The predicted molar refractivity (Wildman–Crippen MR) is 146 cm³/mol. The van der Waals surface area contributed by atoms with Gasteiger partial charge in [-0.25, -0.2) is 9.37 Å². The summed E-state index contributed by atoms with van der Waals surface area (Å²) in [5.74, 6) is 6.05. The number of nitrogens with two attached hydrogens (primary N) is 1. The van der Waals surface area contributed by atoms with Gasteiger partial charge >= 0.3 is 0 Å². The van der Waals surface area contributed by atoms with E-state index >= 15 is 4.39 Å². The number of halogens is 1. The molecule has 5 aromatic rings. The van der Waals surface area contributed by atoms with E-state index in [9.17, 15) is 4.79 Å². The summed E-state index contributed by atoms with van der Waals surface area (Å²) in [6, 6.07) is 8.31. The van der Waals surface area contributed by atoms with Crippen molar-refractivity contribution in [2.75, 3.05) is 19.4 Å². The van der Waals surface area contributed by atoms with Crippen LogP contribution in [0.5, 0.6) is 5.75 Å². The smallest absolute Gasteiger partial charge is 0.257 e. The van der Waals surface area contributed by atoms with Crippen LogP contribution in [-0.4, -0.2) is 49.0 Å². The van der Waals surface area contributed by atoms with E-state index < -0.39 is 11.7 Å². The first-order valence-corrected chi connectivity index (χ1v) is 12.5. The lowest BCUT2D eigenvalue weighted by Crippen LogP contribution is -2.32. The number of amides is 1. The molecule has 0 spiro atoms. The van der Waals surface area contributed by atoms with Crippen LogP contribution in [-0.2, 0) is 7.05 Å². The summed E-state index contributed by atoms with van der Waals surface area (Å²) in [5.41, 5.74) is 9.49. The number of benzene rings is 2. The zero-order valence-corrected chi connectivity index (χ0v) is 21.9. The van der Waals surface area contributed by atoms with Crippen LogP contribution < -0.4 is 10.5 Å². The Kier molecular flexibility index (Phi) is 5.72. The number of likely N-dealkylation sites (N-methyl/N-ethyl adjacent to an activating group) is 1. The van der Waals surface area contributed by atoms with Crippen molar-refractivity contribution in [3.63, 3.8) is 0 Å². The Balaban J connectivity index is 1.28. The zero-order valence-electron chi connectivity index (χ0n) is 21.9. The lowest BCUT2D eigenvalue weighted by atomic mass is 10.0. The molecule has 0 saturated carbocycles. The van der Waals surface area contributed by atoms with Crippen LogP contribution in [0.1, 0.15) is 53.0 Å². The molecule has 4 heterocycles. The van der Waals surface area contributed by atoms with E-state index in [1.807, 2.05) is 29.1 Å². The summed E-state index contributed by atoms with van der Waals surface area (Å²) in [5, 5.41) is 9.81. The maximum absolute atomic E-state index is 15.2. The average Bonchev–Trinajstić information content (AvgIpc) is 3.65. The molecule has 2 aromatic carbocycles. The molecule has 6 rings (SSSR count). The normalized spacial score (nSPS) is 14.4. The third-order valence-electron chi connectivity index (χ3n) is 7.07. The number of hydrogen-bond donors (Lipinski definition) is 1. The molecule has 1 aliphatic heterocycles. The van der Waals surface area contributed by atoms with E-state index in [-0.39, 0.29) is 30.1 Å². The lowest BCUT2D eigenvalue weighted by Gasteiger charge is -2.24. The molecule has 39 heavy (non-hydrogen) atoms. The highest BCUT2D eigenvalue weighted by atomic mass is 19.1. The maximum atomic E-state index is 15.2. The molecule has 9 nitrogen and oxygen atoms in total. The van der Waals surface area contributed by atoms with Crippen LogP contribution in [0, 0.1) is 17.7 Å². The van der Waals surface area contributed by atoms with Crippen molar-refractivity contribution < 1.29 is 13.9 Å². The van der Waals surface area contributed by atoms with E-state index in [0.717, 1.165) is 16.7 Å². The van der Waals surface area contributed by atoms with Gasteiger partial charge in [0.25, 0.3) is 5.91 Å². The standard InChI is InChI=1S/C29H26FN7O2/c1-16(2)37-14-18(12-33-37)6-5-17-7-8-19-25(15-39-26(19)9-17)35(3)29(38)20-10-21-24(11-23(20)30)34-28(31)22-13-32-36(4)27(21)22/h7-14,16,25H,15H2,1-4H3,(H2,31,34). The van der Waals surface area contributed by atoms with Crippen LogP contribution in [0.3, 0.4) is 0 Å². The second kappa shape index (κ2) is 9.13. The first-order valence-electron chi connectivity index (χ1n) is 12.5. The largest absolute Gasteiger partial charge is 0.491 e. The van der Waals surface area contributed by atoms with Gasteiger partial charge in [0.2, 0.25) is 0 Å². The number of hydrogen-bond acceptors (Lipinski definition) is 6. The Hall–Kier alpha value is -4.91. The first kappa shape index (κ1) is 24.4. The zero-order chi connectivity index (χ0) is 27.4. The van der Waals surface area contributed by atoms with Crippen LogP contribution in [0.15, 0.2) is 48.9 Å².